The molecule has 0 saturated carbocycles. The zero-order valence-electron chi connectivity index (χ0n) is 22.6. The Balaban J connectivity index is 1.40. The first-order valence-electron chi connectivity index (χ1n) is 14.2. The van der Waals surface area contributed by atoms with Gasteiger partial charge in [0.25, 0.3) is 0 Å². The van der Waals surface area contributed by atoms with Crippen LogP contribution in [0.3, 0.4) is 0 Å². The summed E-state index contributed by atoms with van der Waals surface area (Å²) in [5, 5.41) is 4.88. The third-order valence-electron chi connectivity index (χ3n) is 8.37. The van der Waals surface area contributed by atoms with Crippen molar-refractivity contribution in [2.75, 3.05) is 4.90 Å². The van der Waals surface area contributed by atoms with Crippen LogP contribution in [0.2, 0.25) is 0 Å². The number of benzene rings is 6. The lowest BCUT2D eigenvalue weighted by Gasteiger charge is -2.32. The van der Waals surface area contributed by atoms with Gasteiger partial charge in [0, 0.05) is 39.2 Å². The molecule has 0 saturated heterocycles. The van der Waals surface area contributed by atoms with Gasteiger partial charge in [0.15, 0.2) is 0 Å². The fraction of sp³-hybridized carbons (Fsp3) is 0. The van der Waals surface area contributed by atoms with Crippen molar-refractivity contribution in [3.8, 4) is 28.1 Å². The standard InChI is InChI=1S/C38H24N4/c1-3-11-25(12-4-1)32-21-22-39-38(40-32)42-34-20-10-14-26-13-9-18-29(37(26)34)31-23-30-28-17-7-8-19-33(28)41(35(30)24-36(31)42)27-15-5-2-6-16-27/h1-24H. The summed E-state index contributed by atoms with van der Waals surface area (Å²) in [5.41, 5.74) is 9.99. The van der Waals surface area contributed by atoms with E-state index in [-0.39, 0.29) is 0 Å². The van der Waals surface area contributed by atoms with Crippen LogP contribution in [0.25, 0.3) is 60.6 Å². The number of hydrogen-bond donors (Lipinski definition) is 0. The Kier molecular flexibility index (Phi) is 4.87. The second-order valence-corrected chi connectivity index (χ2v) is 10.7. The van der Waals surface area contributed by atoms with Gasteiger partial charge in [-0.1, -0.05) is 97.1 Å². The van der Waals surface area contributed by atoms with Crippen molar-refractivity contribution in [2.45, 2.75) is 0 Å². The molecule has 4 nitrogen and oxygen atoms in total. The lowest BCUT2D eigenvalue weighted by atomic mass is 9.90. The molecule has 0 unspecified atom stereocenters. The highest BCUT2D eigenvalue weighted by atomic mass is 15.3. The van der Waals surface area contributed by atoms with Crippen molar-refractivity contribution < 1.29 is 0 Å². The summed E-state index contributed by atoms with van der Waals surface area (Å²) in [6, 6.07) is 49.3. The molecule has 0 aliphatic carbocycles. The first-order valence-corrected chi connectivity index (χ1v) is 14.2. The quantitative estimate of drug-likeness (QED) is 0.225. The van der Waals surface area contributed by atoms with Gasteiger partial charge < -0.3 is 4.57 Å². The molecule has 0 fully saturated rings. The third kappa shape index (κ3) is 3.29. The van der Waals surface area contributed by atoms with Gasteiger partial charge in [-0.05, 0) is 53.4 Å². The minimum absolute atomic E-state index is 0.654. The second-order valence-electron chi connectivity index (χ2n) is 10.7. The van der Waals surface area contributed by atoms with Crippen LogP contribution in [0.15, 0.2) is 146 Å². The number of aromatic nitrogens is 3. The lowest BCUT2D eigenvalue weighted by molar-refractivity contribution is 1.08. The average molecular weight is 537 g/mol. The van der Waals surface area contributed by atoms with E-state index in [0.29, 0.717) is 5.95 Å². The Labute approximate surface area is 242 Å². The largest absolute Gasteiger partial charge is 0.309 e. The number of rotatable bonds is 3. The van der Waals surface area contributed by atoms with Crippen LogP contribution in [0.4, 0.5) is 17.3 Å². The van der Waals surface area contributed by atoms with E-state index in [1.807, 2.05) is 30.5 Å². The molecule has 196 valence electrons. The summed E-state index contributed by atoms with van der Waals surface area (Å²) in [6.07, 6.45) is 1.87. The Bertz CT molecular complexity index is 2300. The van der Waals surface area contributed by atoms with Crippen LogP contribution in [0.5, 0.6) is 0 Å². The van der Waals surface area contributed by atoms with Gasteiger partial charge in [0.05, 0.1) is 28.1 Å². The highest BCUT2D eigenvalue weighted by Gasteiger charge is 2.29. The van der Waals surface area contributed by atoms with Gasteiger partial charge in [-0.25, -0.2) is 9.97 Å². The monoisotopic (exact) mass is 536 g/mol. The Morgan fingerprint density at radius 1 is 0.524 bits per heavy atom. The van der Waals surface area contributed by atoms with Gasteiger partial charge >= 0.3 is 0 Å². The number of para-hydroxylation sites is 2. The first-order chi connectivity index (χ1) is 20.8. The summed E-state index contributed by atoms with van der Waals surface area (Å²) >= 11 is 0. The molecule has 1 aliphatic rings. The third-order valence-corrected chi connectivity index (χ3v) is 8.37. The lowest BCUT2D eigenvalue weighted by Crippen LogP contribution is -2.18. The number of fused-ring (bicyclic) bond motifs is 5. The second kappa shape index (κ2) is 8.88. The summed E-state index contributed by atoms with van der Waals surface area (Å²) in [5.74, 6) is 0.654. The van der Waals surface area contributed by atoms with Crippen molar-refractivity contribution in [3.05, 3.63) is 146 Å². The number of nitrogens with zero attached hydrogens (tertiary/aromatic N) is 4. The van der Waals surface area contributed by atoms with Crippen molar-refractivity contribution in [3.63, 3.8) is 0 Å². The predicted octanol–water partition coefficient (Wildman–Crippen LogP) is 9.84. The molecule has 3 heterocycles. The smallest absolute Gasteiger partial charge is 0.235 e. The molecule has 6 aromatic carbocycles. The predicted molar refractivity (Wildman–Crippen MR) is 173 cm³/mol. The highest BCUT2D eigenvalue weighted by Crippen LogP contribution is 2.52. The number of hydrogen-bond acceptors (Lipinski definition) is 3. The van der Waals surface area contributed by atoms with Gasteiger partial charge in [0.1, 0.15) is 0 Å². The van der Waals surface area contributed by atoms with Crippen LogP contribution in [-0.2, 0) is 0 Å². The van der Waals surface area contributed by atoms with E-state index in [9.17, 15) is 0 Å². The van der Waals surface area contributed by atoms with Crippen LogP contribution >= 0.6 is 0 Å². The first kappa shape index (κ1) is 23.0. The Morgan fingerprint density at radius 3 is 2.14 bits per heavy atom. The molecule has 0 spiro atoms. The fourth-order valence-electron chi connectivity index (χ4n) is 6.56. The summed E-state index contributed by atoms with van der Waals surface area (Å²) in [7, 11) is 0. The highest BCUT2D eigenvalue weighted by molar-refractivity contribution is 6.18. The molecule has 0 atom stereocenters. The van der Waals surface area contributed by atoms with Gasteiger partial charge in [-0.15, -0.1) is 0 Å². The van der Waals surface area contributed by atoms with Crippen LogP contribution in [0, 0.1) is 0 Å². The summed E-state index contributed by atoms with van der Waals surface area (Å²) in [4.78, 5) is 12.2. The topological polar surface area (TPSA) is 34.0 Å². The van der Waals surface area contributed by atoms with E-state index in [2.05, 4.69) is 125 Å². The molecule has 1 aliphatic heterocycles. The van der Waals surface area contributed by atoms with Crippen LogP contribution in [0.1, 0.15) is 0 Å². The molecule has 0 amide bonds. The molecule has 0 radical (unpaired) electrons. The van der Waals surface area contributed by atoms with E-state index in [0.717, 1.165) is 33.8 Å². The van der Waals surface area contributed by atoms with Gasteiger partial charge in [-0.2, -0.15) is 0 Å². The molecular formula is C38H24N4. The van der Waals surface area contributed by atoms with Crippen molar-refractivity contribution in [1.29, 1.82) is 0 Å². The molecule has 4 heteroatoms. The molecule has 2 aromatic heterocycles. The van der Waals surface area contributed by atoms with Crippen molar-refractivity contribution in [1.82, 2.24) is 14.5 Å². The van der Waals surface area contributed by atoms with E-state index < -0.39 is 0 Å². The van der Waals surface area contributed by atoms with E-state index in [4.69, 9.17) is 9.97 Å². The van der Waals surface area contributed by atoms with E-state index in [1.165, 1.54) is 38.2 Å². The minimum Gasteiger partial charge on any atom is -0.309 e. The molecule has 0 N–H and O–H groups in total. The molecular weight excluding hydrogens is 512 g/mol. The Morgan fingerprint density at radius 2 is 1.29 bits per heavy atom. The molecule has 0 bridgehead atoms. The van der Waals surface area contributed by atoms with Gasteiger partial charge in [0.2, 0.25) is 5.95 Å². The maximum absolute atomic E-state index is 5.14. The molecule has 42 heavy (non-hydrogen) atoms. The maximum Gasteiger partial charge on any atom is 0.235 e. The zero-order chi connectivity index (χ0) is 27.6. The number of anilines is 3. The SMILES string of the molecule is c1ccc(-c2ccnc(N3c4cc5c(cc4-c4cccc6cccc3c46)c3ccccc3n5-c3ccccc3)n2)cc1. The fourth-order valence-corrected chi connectivity index (χ4v) is 6.56. The Hall–Kier alpha value is -5.74. The van der Waals surface area contributed by atoms with Crippen LogP contribution in [-0.4, -0.2) is 14.5 Å². The average Bonchev–Trinajstić information content (AvgIpc) is 3.38. The van der Waals surface area contributed by atoms with E-state index >= 15 is 0 Å². The molecule has 8 aromatic rings. The normalized spacial score (nSPS) is 12.2. The minimum atomic E-state index is 0.654. The maximum atomic E-state index is 5.14. The van der Waals surface area contributed by atoms with Crippen molar-refractivity contribution in [2.24, 2.45) is 0 Å². The van der Waals surface area contributed by atoms with Gasteiger partial charge in [-0.3, -0.25) is 4.90 Å². The molecule has 9 rings (SSSR count). The zero-order valence-corrected chi connectivity index (χ0v) is 22.6. The summed E-state index contributed by atoms with van der Waals surface area (Å²) < 4.78 is 2.37. The summed E-state index contributed by atoms with van der Waals surface area (Å²) in [6.45, 7) is 0. The van der Waals surface area contributed by atoms with E-state index in [1.54, 1.807) is 0 Å². The van der Waals surface area contributed by atoms with Crippen LogP contribution < -0.4 is 4.90 Å². The van der Waals surface area contributed by atoms with Crippen molar-refractivity contribution >= 4 is 49.9 Å².